The SMILES string of the molecule is CCN(CC)C(C)(C)C(O)c1c(OC)cnn1C(C)C. The minimum atomic E-state index is -0.665. The summed E-state index contributed by atoms with van der Waals surface area (Å²) in [6, 6.07) is 0.177. The average Bonchev–Trinajstić information content (AvgIpc) is 2.82. The van der Waals surface area contributed by atoms with E-state index in [4.69, 9.17) is 4.74 Å². The second kappa shape index (κ2) is 6.59. The smallest absolute Gasteiger partial charge is 0.162 e. The van der Waals surface area contributed by atoms with Gasteiger partial charge in [0.05, 0.1) is 13.3 Å². The molecule has 0 aliphatic rings. The molecule has 0 radical (unpaired) electrons. The fraction of sp³-hybridized carbons (Fsp3) is 0.800. The molecule has 1 heterocycles. The van der Waals surface area contributed by atoms with Gasteiger partial charge >= 0.3 is 0 Å². The Morgan fingerprint density at radius 3 is 2.30 bits per heavy atom. The van der Waals surface area contributed by atoms with E-state index in [-0.39, 0.29) is 11.6 Å². The lowest BCUT2D eigenvalue weighted by Crippen LogP contribution is -2.48. The Labute approximate surface area is 122 Å². The first-order valence-corrected chi connectivity index (χ1v) is 7.35. The maximum Gasteiger partial charge on any atom is 0.162 e. The first-order valence-electron chi connectivity index (χ1n) is 7.35. The Morgan fingerprint density at radius 2 is 1.90 bits per heavy atom. The summed E-state index contributed by atoms with van der Waals surface area (Å²) in [5.41, 5.74) is 0.364. The van der Waals surface area contributed by atoms with Crippen molar-refractivity contribution < 1.29 is 9.84 Å². The molecule has 0 saturated carbocycles. The number of aliphatic hydroxyl groups excluding tert-OH is 1. The molecule has 0 fully saturated rings. The van der Waals surface area contributed by atoms with Gasteiger partial charge in [0, 0.05) is 11.6 Å². The van der Waals surface area contributed by atoms with E-state index in [1.807, 2.05) is 18.5 Å². The molecule has 1 atom stereocenters. The third-order valence-electron chi connectivity index (χ3n) is 4.01. The highest BCUT2D eigenvalue weighted by atomic mass is 16.5. The van der Waals surface area contributed by atoms with Crippen LogP contribution in [-0.4, -0.2) is 45.5 Å². The van der Waals surface area contributed by atoms with Gasteiger partial charge in [-0.25, -0.2) is 0 Å². The molecule has 20 heavy (non-hydrogen) atoms. The van der Waals surface area contributed by atoms with Crippen molar-refractivity contribution in [2.45, 2.75) is 59.2 Å². The van der Waals surface area contributed by atoms with Gasteiger partial charge in [-0.2, -0.15) is 5.10 Å². The van der Waals surface area contributed by atoms with Crippen molar-refractivity contribution in [2.75, 3.05) is 20.2 Å². The number of nitrogens with zero attached hydrogens (tertiary/aromatic N) is 3. The lowest BCUT2D eigenvalue weighted by atomic mass is 9.91. The highest BCUT2D eigenvalue weighted by Crippen LogP contribution is 2.36. The number of aliphatic hydroxyl groups is 1. The van der Waals surface area contributed by atoms with Gasteiger partial charge in [-0.3, -0.25) is 9.58 Å². The summed E-state index contributed by atoms with van der Waals surface area (Å²) < 4.78 is 7.22. The monoisotopic (exact) mass is 283 g/mol. The zero-order valence-electron chi connectivity index (χ0n) is 13.8. The van der Waals surface area contributed by atoms with Gasteiger partial charge < -0.3 is 9.84 Å². The molecular weight excluding hydrogens is 254 g/mol. The van der Waals surface area contributed by atoms with E-state index in [1.165, 1.54) is 0 Å². The fourth-order valence-corrected chi connectivity index (χ4v) is 2.73. The Hall–Kier alpha value is -1.07. The predicted octanol–water partition coefficient (Wildman–Crippen LogP) is 2.63. The van der Waals surface area contributed by atoms with Crippen LogP contribution < -0.4 is 4.74 Å². The minimum absolute atomic E-state index is 0.177. The zero-order chi connectivity index (χ0) is 15.5. The number of ether oxygens (including phenoxy) is 1. The van der Waals surface area contributed by atoms with E-state index in [2.05, 4.69) is 37.7 Å². The molecule has 0 saturated heterocycles. The topological polar surface area (TPSA) is 50.5 Å². The van der Waals surface area contributed by atoms with Crippen molar-refractivity contribution in [1.29, 1.82) is 0 Å². The van der Waals surface area contributed by atoms with Crippen molar-refractivity contribution >= 4 is 0 Å². The van der Waals surface area contributed by atoms with E-state index in [0.29, 0.717) is 5.75 Å². The molecule has 5 heteroatoms. The van der Waals surface area contributed by atoms with E-state index in [1.54, 1.807) is 13.3 Å². The molecule has 1 aromatic heterocycles. The van der Waals surface area contributed by atoms with Gasteiger partial charge in [0.15, 0.2) is 5.75 Å². The summed E-state index contributed by atoms with van der Waals surface area (Å²) in [4.78, 5) is 2.24. The Balaban J connectivity index is 3.25. The van der Waals surface area contributed by atoms with Crippen molar-refractivity contribution in [3.05, 3.63) is 11.9 Å². The number of rotatable bonds is 7. The third-order valence-corrected chi connectivity index (χ3v) is 4.01. The second-order valence-electron chi connectivity index (χ2n) is 5.86. The summed E-state index contributed by atoms with van der Waals surface area (Å²) in [6.07, 6.45) is 1.01. The van der Waals surface area contributed by atoms with Crippen LogP contribution in [0.25, 0.3) is 0 Å². The number of hydrogen-bond acceptors (Lipinski definition) is 4. The summed E-state index contributed by atoms with van der Waals surface area (Å²) in [5.74, 6) is 0.645. The highest BCUT2D eigenvalue weighted by molar-refractivity contribution is 5.30. The Kier molecular flexibility index (Phi) is 5.59. The molecule has 0 bridgehead atoms. The maximum absolute atomic E-state index is 10.9. The van der Waals surface area contributed by atoms with E-state index >= 15 is 0 Å². The van der Waals surface area contributed by atoms with Crippen LogP contribution in [0, 0.1) is 0 Å². The Morgan fingerprint density at radius 1 is 1.35 bits per heavy atom. The van der Waals surface area contributed by atoms with Crippen LogP contribution in [0.5, 0.6) is 5.75 Å². The summed E-state index contributed by atoms with van der Waals surface area (Å²) in [5, 5.41) is 15.3. The lowest BCUT2D eigenvalue weighted by molar-refractivity contribution is -0.0128. The first kappa shape index (κ1) is 17.0. The molecular formula is C15H29N3O2. The highest BCUT2D eigenvalue weighted by Gasteiger charge is 2.38. The second-order valence-corrected chi connectivity index (χ2v) is 5.86. The van der Waals surface area contributed by atoms with Gasteiger partial charge in [0.1, 0.15) is 11.8 Å². The van der Waals surface area contributed by atoms with Gasteiger partial charge in [0.2, 0.25) is 0 Å². The van der Waals surface area contributed by atoms with Crippen molar-refractivity contribution in [2.24, 2.45) is 0 Å². The molecule has 5 nitrogen and oxygen atoms in total. The maximum atomic E-state index is 10.9. The van der Waals surface area contributed by atoms with Crippen LogP contribution in [0.2, 0.25) is 0 Å². The number of likely N-dealkylation sites (N-methyl/N-ethyl adjacent to an activating group) is 1. The van der Waals surface area contributed by atoms with Gasteiger partial charge in [-0.1, -0.05) is 13.8 Å². The molecule has 1 unspecified atom stereocenters. The third kappa shape index (κ3) is 2.99. The Bertz CT molecular complexity index is 423. The number of hydrogen-bond donors (Lipinski definition) is 1. The number of aromatic nitrogens is 2. The fourth-order valence-electron chi connectivity index (χ4n) is 2.73. The van der Waals surface area contributed by atoms with Crippen LogP contribution in [0.1, 0.15) is 59.4 Å². The van der Waals surface area contributed by atoms with Crippen LogP contribution in [0.15, 0.2) is 6.20 Å². The van der Waals surface area contributed by atoms with E-state index < -0.39 is 6.10 Å². The van der Waals surface area contributed by atoms with Crippen molar-refractivity contribution in [3.8, 4) is 5.75 Å². The summed E-state index contributed by atoms with van der Waals surface area (Å²) >= 11 is 0. The van der Waals surface area contributed by atoms with Crippen LogP contribution in [-0.2, 0) is 0 Å². The molecule has 0 aromatic carbocycles. The average molecular weight is 283 g/mol. The molecule has 0 spiro atoms. The lowest BCUT2D eigenvalue weighted by Gasteiger charge is -2.41. The van der Waals surface area contributed by atoms with Crippen molar-refractivity contribution in [3.63, 3.8) is 0 Å². The predicted molar refractivity (Wildman–Crippen MR) is 81.1 cm³/mol. The van der Waals surface area contributed by atoms with Gasteiger partial charge in [-0.05, 0) is 40.8 Å². The zero-order valence-corrected chi connectivity index (χ0v) is 13.8. The first-order chi connectivity index (χ1) is 9.31. The normalized spacial score (nSPS) is 14.1. The van der Waals surface area contributed by atoms with Crippen LogP contribution in [0.3, 0.4) is 0 Å². The van der Waals surface area contributed by atoms with E-state index in [9.17, 15) is 5.11 Å². The van der Waals surface area contributed by atoms with Gasteiger partial charge in [0.25, 0.3) is 0 Å². The van der Waals surface area contributed by atoms with Crippen molar-refractivity contribution in [1.82, 2.24) is 14.7 Å². The number of methoxy groups -OCH3 is 1. The summed E-state index contributed by atoms with van der Waals surface area (Å²) in [7, 11) is 1.61. The van der Waals surface area contributed by atoms with Crippen LogP contribution in [0.4, 0.5) is 0 Å². The molecule has 0 aliphatic carbocycles. The molecule has 1 rings (SSSR count). The quantitative estimate of drug-likeness (QED) is 0.836. The molecule has 0 amide bonds. The van der Waals surface area contributed by atoms with E-state index in [0.717, 1.165) is 18.8 Å². The van der Waals surface area contributed by atoms with Crippen LogP contribution >= 0.6 is 0 Å². The molecule has 0 aliphatic heterocycles. The standard InChI is InChI=1S/C15H29N3O2/c1-8-17(9-2)15(5,6)14(19)13-12(20-7)10-16-18(13)11(3)4/h10-11,14,19H,8-9H2,1-7H3. The molecule has 1 aromatic rings. The van der Waals surface area contributed by atoms with Gasteiger partial charge in [-0.15, -0.1) is 0 Å². The molecule has 116 valence electrons. The summed E-state index contributed by atoms with van der Waals surface area (Å²) in [6.45, 7) is 14.2. The largest absolute Gasteiger partial charge is 0.493 e. The molecule has 1 N–H and O–H groups in total. The minimum Gasteiger partial charge on any atom is -0.493 e.